The van der Waals surface area contributed by atoms with Crippen LogP contribution in [0.25, 0.3) is 0 Å². The predicted molar refractivity (Wildman–Crippen MR) is 166 cm³/mol. The number of methoxy groups -OCH3 is 1. The highest BCUT2D eigenvalue weighted by Gasteiger charge is 2.28. The van der Waals surface area contributed by atoms with E-state index in [-0.39, 0.29) is 23.9 Å². The van der Waals surface area contributed by atoms with Crippen LogP contribution in [-0.2, 0) is 9.53 Å². The maximum atomic E-state index is 13.4. The minimum atomic E-state index is -1.03. The van der Waals surface area contributed by atoms with Gasteiger partial charge in [-0.2, -0.15) is 0 Å². The molecule has 0 bridgehead atoms. The van der Waals surface area contributed by atoms with Crippen LogP contribution in [0.15, 0.2) is 60.0 Å². The van der Waals surface area contributed by atoms with E-state index in [2.05, 4.69) is 15.5 Å². The molecule has 2 aromatic carbocycles. The number of benzene rings is 2. The summed E-state index contributed by atoms with van der Waals surface area (Å²) in [6.45, 7) is 4.27. The third-order valence-electron chi connectivity index (χ3n) is 7.58. The molecule has 4 amide bonds. The van der Waals surface area contributed by atoms with Gasteiger partial charge in [0.15, 0.2) is 0 Å². The summed E-state index contributed by atoms with van der Waals surface area (Å²) in [5.41, 5.74) is 1.77. The van der Waals surface area contributed by atoms with Crippen molar-refractivity contribution < 1.29 is 33.8 Å². The molecule has 0 spiro atoms. The molecule has 1 aromatic heterocycles. The summed E-state index contributed by atoms with van der Waals surface area (Å²) < 4.78 is 10.6. The average molecular weight is 622 g/mol. The summed E-state index contributed by atoms with van der Waals surface area (Å²) in [6.07, 6.45) is -0.267. The highest BCUT2D eigenvalue weighted by Crippen LogP contribution is 2.30. The largest absolute Gasteiger partial charge is 0.497 e. The van der Waals surface area contributed by atoms with Gasteiger partial charge in [-0.25, -0.2) is 4.79 Å². The molecular formula is C31H35N5O7S. The van der Waals surface area contributed by atoms with Gasteiger partial charge >= 0.3 is 12.0 Å². The van der Waals surface area contributed by atoms with Crippen LogP contribution in [0.3, 0.4) is 0 Å². The molecule has 2 fully saturated rings. The lowest BCUT2D eigenvalue weighted by Crippen LogP contribution is -2.54. The highest BCUT2D eigenvalue weighted by molar-refractivity contribution is 7.10. The average Bonchev–Trinajstić information content (AvgIpc) is 3.60. The number of carboxylic acid groups (broad SMARTS) is 1. The van der Waals surface area contributed by atoms with Gasteiger partial charge in [0.2, 0.25) is 0 Å². The van der Waals surface area contributed by atoms with Gasteiger partial charge in [0, 0.05) is 55.3 Å². The number of rotatable bonds is 9. The number of carboxylic acids is 1. The van der Waals surface area contributed by atoms with Gasteiger partial charge in [0.05, 0.1) is 44.2 Å². The van der Waals surface area contributed by atoms with Gasteiger partial charge in [-0.15, -0.1) is 11.3 Å². The Morgan fingerprint density at radius 3 is 2.32 bits per heavy atom. The zero-order valence-corrected chi connectivity index (χ0v) is 25.2. The van der Waals surface area contributed by atoms with E-state index in [1.807, 2.05) is 10.3 Å². The van der Waals surface area contributed by atoms with Gasteiger partial charge < -0.3 is 39.9 Å². The molecule has 13 heteroatoms. The van der Waals surface area contributed by atoms with Crippen LogP contribution in [0.1, 0.15) is 38.1 Å². The number of morpholine rings is 1. The van der Waals surface area contributed by atoms with Gasteiger partial charge in [-0.1, -0.05) is 12.1 Å². The summed E-state index contributed by atoms with van der Waals surface area (Å²) in [5, 5.41) is 17.0. The second-order valence-corrected chi connectivity index (χ2v) is 11.4. The van der Waals surface area contributed by atoms with Crippen LogP contribution in [0.5, 0.6) is 5.75 Å². The number of anilines is 2. The first-order chi connectivity index (χ1) is 21.3. The van der Waals surface area contributed by atoms with Crippen LogP contribution < -0.4 is 20.3 Å². The number of nitrogens with one attached hydrogen (secondary N) is 2. The lowest BCUT2D eigenvalue weighted by molar-refractivity contribution is -0.137. The van der Waals surface area contributed by atoms with Crippen molar-refractivity contribution in [3.63, 3.8) is 0 Å². The molecule has 44 heavy (non-hydrogen) atoms. The van der Waals surface area contributed by atoms with Crippen molar-refractivity contribution >= 4 is 46.5 Å². The van der Waals surface area contributed by atoms with Gasteiger partial charge in [-0.05, 0) is 47.8 Å². The number of aliphatic carboxylic acids is 1. The second kappa shape index (κ2) is 14.2. The quantitative estimate of drug-likeness (QED) is 0.330. The molecule has 3 N–H and O–H groups in total. The summed E-state index contributed by atoms with van der Waals surface area (Å²) in [6, 6.07) is 14.7. The van der Waals surface area contributed by atoms with Gasteiger partial charge in [0.1, 0.15) is 5.75 Å². The summed E-state index contributed by atoms with van der Waals surface area (Å²) in [4.78, 5) is 57.7. The number of urea groups is 1. The molecule has 0 radical (unpaired) electrons. The number of ether oxygens (including phenoxy) is 2. The van der Waals surface area contributed by atoms with E-state index in [0.29, 0.717) is 75.2 Å². The predicted octanol–water partition coefficient (Wildman–Crippen LogP) is 3.53. The van der Waals surface area contributed by atoms with E-state index >= 15 is 0 Å². The minimum absolute atomic E-state index is 0.00632. The molecule has 3 heterocycles. The van der Waals surface area contributed by atoms with E-state index < -0.39 is 17.9 Å². The zero-order valence-electron chi connectivity index (χ0n) is 24.4. The minimum Gasteiger partial charge on any atom is -0.497 e. The number of amides is 4. The summed E-state index contributed by atoms with van der Waals surface area (Å²) in [7, 11) is 1.52. The molecule has 232 valence electrons. The lowest BCUT2D eigenvalue weighted by atomic mass is 10.1. The van der Waals surface area contributed by atoms with E-state index in [1.54, 1.807) is 59.5 Å². The Labute approximate surface area is 259 Å². The van der Waals surface area contributed by atoms with Crippen LogP contribution in [0.2, 0.25) is 0 Å². The van der Waals surface area contributed by atoms with Crippen molar-refractivity contribution in [2.45, 2.75) is 12.5 Å². The fourth-order valence-corrected chi connectivity index (χ4v) is 6.01. The Hall–Kier alpha value is -4.62. The van der Waals surface area contributed by atoms with E-state index in [4.69, 9.17) is 9.47 Å². The normalized spacial score (nSPS) is 15.8. The zero-order chi connectivity index (χ0) is 31.1. The number of carbonyl (C=O) groups excluding carboxylic acids is 3. The number of piperazine rings is 1. The molecule has 2 aliphatic rings. The Bertz CT molecular complexity index is 1480. The van der Waals surface area contributed by atoms with Crippen LogP contribution in [0, 0.1) is 0 Å². The smallest absolute Gasteiger partial charge is 0.320 e. The molecule has 3 aromatic rings. The standard InChI is InChI=1S/C31H35N5O7S/c1-42-23-5-2-4-21(18-23)29(39)32-24-19-22(30(40)33-25(20-28(37)38)27-6-3-17-44-27)7-8-26(24)34-9-11-35(12-10-34)31(41)36-13-15-43-16-14-36/h2-8,17-19,25H,9-16,20H2,1H3,(H,32,39)(H,33,40)(H,37,38). The third kappa shape index (κ3) is 7.47. The topological polar surface area (TPSA) is 141 Å². The molecule has 2 saturated heterocycles. The number of thiophene rings is 1. The Balaban J connectivity index is 1.37. The van der Waals surface area contributed by atoms with Crippen molar-refractivity contribution in [3.05, 3.63) is 76.0 Å². The monoisotopic (exact) mass is 621 g/mol. The van der Waals surface area contributed by atoms with E-state index in [0.717, 1.165) is 4.88 Å². The van der Waals surface area contributed by atoms with Crippen molar-refractivity contribution in [1.29, 1.82) is 0 Å². The second-order valence-electron chi connectivity index (χ2n) is 10.4. The first-order valence-corrected chi connectivity index (χ1v) is 15.2. The number of hydrogen-bond acceptors (Lipinski definition) is 8. The first-order valence-electron chi connectivity index (χ1n) is 14.3. The lowest BCUT2D eigenvalue weighted by Gasteiger charge is -2.39. The van der Waals surface area contributed by atoms with Crippen molar-refractivity contribution in [1.82, 2.24) is 15.1 Å². The van der Waals surface area contributed by atoms with Crippen LogP contribution in [0.4, 0.5) is 16.2 Å². The molecule has 5 rings (SSSR count). The first kappa shape index (κ1) is 30.8. The maximum absolute atomic E-state index is 13.4. The van der Waals surface area contributed by atoms with E-state index in [1.165, 1.54) is 18.4 Å². The van der Waals surface area contributed by atoms with Crippen molar-refractivity contribution in [2.24, 2.45) is 0 Å². The van der Waals surface area contributed by atoms with E-state index in [9.17, 15) is 24.3 Å². The van der Waals surface area contributed by atoms with Crippen LogP contribution >= 0.6 is 11.3 Å². The molecule has 1 atom stereocenters. The molecule has 0 saturated carbocycles. The van der Waals surface area contributed by atoms with Crippen molar-refractivity contribution in [3.8, 4) is 5.75 Å². The van der Waals surface area contributed by atoms with Crippen molar-refractivity contribution in [2.75, 3.05) is 69.8 Å². The molecular weight excluding hydrogens is 586 g/mol. The van der Waals surface area contributed by atoms with Gasteiger partial charge in [-0.3, -0.25) is 14.4 Å². The molecule has 12 nitrogen and oxygen atoms in total. The Morgan fingerprint density at radius 1 is 0.909 bits per heavy atom. The summed E-state index contributed by atoms with van der Waals surface area (Å²) >= 11 is 1.37. The fourth-order valence-electron chi connectivity index (χ4n) is 5.23. The Kier molecular flexibility index (Phi) is 9.97. The molecule has 2 aliphatic heterocycles. The third-order valence-corrected chi connectivity index (χ3v) is 8.57. The summed E-state index contributed by atoms with van der Waals surface area (Å²) in [5.74, 6) is -1.35. The number of carbonyl (C=O) groups is 4. The molecule has 1 unspecified atom stereocenters. The molecule has 0 aliphatic carbocycles. The Morgan fingerprint density at radius 2 is 1.64 bits per heavy atom. The number of nitrogens with zero attached hydrogens (tertiary/aromatic N) is 3. The SMILES string of the molecule is COc1cccc(C(=O)Nc2cc(C(=O)NC(CC(=O)O)c3cccs3)ccc2N2CCN(C(=O)N3CCOCC3)CC2)c1. The highest BCUT2D eigenvalue weighted by atomic mass is 32.1. The van der Waals surface area contributed by atoms with Gasteiger partial charge in [0.25, 0.3) is 11.8 Å². The maximum Gasteiger partial charge on any atom is 0.320 e. The fraction of sp³-hybridized carbons (Fsp3) is 0.355. The number of hydrogen-bond donors (Lipinski definition) is 3. The van der Waals surface area contributed by atoms with Crippen LogP contribution in [-0.4, -0.2) is 98.3 Å².